The van der Waals surface area contributed by atoms with E-state index in [2.05, 4.69) is 10.2 Å². The Hall–Kier alpha value is -2.83. The van der Waals surface area contributed by atoms with Gasteiger partial charge in [-0.2, -0.15) is 5.10 Å². The topological polar surface area (TPSA) is 78.5 Å². The zero-order valence-electron chi connectivity index (χ0n) is 14.1. The Morgan fingerprint density at radius 3 is 3.12 bits per heavy atom. The molecule has 1 N–H and O–H groups in total. The molecule has 1 atom stereocenters. The number of methoxy groups -OCH3 is 1. The monoisotopic (exact) mass is 340 g/mol. The molecular weight excluding hydrogens is 320 g/mol. The lowest BCUT2D eigenvalue weighted by Crippen LogP contribution is -2.40. The standard InChI is InChI=1S/C18H20N4O3/c1-25-14-5-2-4-13(9-14)22-11-12(8-17(22)23)18(24)21-7-3-6-15-16(21)10-19-20-15/h2,4-5,9-10,12H,3,6-8,11H2,1H3,(H,19,20). The van der Waals surface area contributed by atoms with Crippen LogP contribution in [0.15, 0.2) is 30.5 Å². The third-order valence-corrected chi connectivity index (χ3v) is 4.90. The van der Waals surface area contributed by atoms with Crippen LogP contribution in [-0.4, -0.2) is 42.2 Å². The van der Waals surface area contributed by atoms with Crippen molar-refractivity contribution in [1.29, 1.82) is 0 Å². The normalized spacial score (nSPS) is 19.9. The average molecular weight is 340 g/mol. The molecule has 2 aromatic rings. The number of carbonyl (C=O) groups is 2. The van der Waals surface area contributed by atoms with E-state index < -0.39 is 0 Å². The number of ether oxygens (including phenoxy) is 1. The van der Waals surface area contributed by atoms with Gasteiger partial charge in [0.25, 0.3) is 0 Å². The molecule has 1 fully saturated rings. The minimum absolute atomic E-state index is 0.00101. The summed E-state index contributed by atoms with van der Waals surface area (Å²) in [5.41, 5.74) is 2.61. The average Bonchev–Trinajstić information content (AvgIpc) is 3.27. The van der Waals surface area contributed by atoms with Crippen molar-refractivity contribution in [1.82, 2.24) is 10.2 Å². The molecule has 7 heteroatoms. The number of carbonyl (C=O) groups excluding carboxylic acids is 2. The highest BCUT2D eigenvalue weighted by Gasteiger charge is 2.38. The number of nitrogens with one attached hydrogen (secondary N) is 1. The molecule has 130 valence electrons. The van der Waals surface area contributed by atoms with Gasteiger partial charge in [-0.15, -0.1) is 0 Å². The number of amides is 2. The molecule has 0 aliphatic carbocycles. The smallest absolute Gasteiger partial charge is 0.232 e. The molecule has 0 bridgehead atoms. The second-order valence-corrected chi connectivity index (χ2v) is 6.43. The van der Waals surface area contributed by atoms with Crippen molar-refractivity contribution in [3.8, 4) is 5.75 Å². The lowest BCUT2D eigenvalue weighted by molar-refractivity contribution is -0.124. The SMILES string of the molecule is COc1cccc(N2CC(C(=O)N3CCCc4[nH]ncc43)CC2=O)c1. The molecule has 3 heterocycles. The Labute approximate surface area is 145 Å². The van der Waals surface area contributed by atoms with E-state index in [-0.39, 0.29) is 24.2 Å². The maximum atomic E-state index is 13.0. The van der Waals surface area contributed by atoms with Crippen molar-refractivity contribution in [3.05, 3.63) is 36.2 Å². The van der Waals surface area contributed by atoms with E-state index in [1.54, 1.807) is 23.1 Å². The van der Waals surface area contributed by atoms with E-state index >= 15 is 0 Å². The van der Waals surface area contributed by atoms with Gasteiger partial charge in [-0.1, -0.05) is 6.07 Å². The molecule has 2 aliphatic rings. The fourth-order valence-electron chi connectivity index (χ4n) is 3.61. The molecule has 0 spiro atoms. The number of fused-ring (bicyclic) bond motifs is 1. The summed E-state index contributed by atoms with van der Waals surface area (Å²) in [7, 11) is 1.59. The first-order valence-electron chi connectivity index (χ1n) is 8.45. The maximum Gasteiger partial charge on any atom is 0.232 e. The van der Waals surface area contributed by atoms with Crippen LogP contribution < -0.4 is 14.5 Å². The molecule has 1 aromatic heterocycles. The molecule has 2 amide bonds. The number of hydrogen-bond acceptors (Lipinski definition) is 4. The molecule has 0 saturated carbocycles. The first-order valence-corrected chi connectivity index (χ1v) is 8.45. The van der Waals surface area contributed by atoms with E-state index in [4.69, 9.17) is 4.74 Å². The van der Waals surface area contributed by atoms with Crippen LogP contribution in [0.25, 0.3) is 0 Å². The quantitative estimate of drug-likeness (QED) is 0.923. The third kappa shape index (κ3) is 2.75. The summed E-state index contributed by atoms with van der Waals surface area (Å²) in [5, 5.41) is 7.00. The van der Waals surface area contributed by atoms with Crippen LogP contribution >= 0.6 is 0 Å². The predicted molar refractivity (Wildman–Crippen MR) is 92.7 cm³/mol. The van der Waals surface area contributed by atoms with Crippen LogP contribution in [0.2, 0.25) is 0 Å². The fourth-order valence-corrected chi connectivity index (χ4v) is 3.61. The van der Waals surface area contributed by atoms with Gasteiger partial charge >= 0.3 is 0 Å². The van der Waals surface area contributed by atoms with Crippen LogP contribution in [-0.2, 0) is 16.0 Å². The number of aryl methyl sites for hydroxylation is 1. The van der Waals surface area contributed by atoms with Gasteiger partial charge in [-0.3, -0.25) is 14.7 Å². The lowest BCUT2D eigenvalue weighted by atomic mass is 10.0. The Kier molecular flexibility index (Phi) is 3.91. The van der Waals surface area contributed by atoms with Crippen molar-refractivity contribution in [2.75, 3.05) is 30.0 Å². The van der Waals surface area contributed by atoms with Crippen molar-refractivity contribution >= 4 is 23.2 Å². The van der Waals surface area contributed by atoms with Gasteiger partial charge in [0, 0.05) is 31.3 Å². The fraction of sp³-hybridized carbons (Fsp3) is 0.389. The van der Waals surface area contributed by atoms with Crippen molar-refractivity contribution in [2.45, 2.75) is 19.3 Å². The number of aromatic amines is 1. The summed E-state index contributed by atoms with van der Waals surface area (Å²) >= 11 is 0. The Bertz CT molecular complexity index is 816. The van der Waals surface area contributed by atoms with Gasteiger partial charge in [0.1, 0.15) is 5.75 Å². The van der Waals surface area contributed by atoms with Gasteiger partial charge in [0.15, 0.2) is 0 Å². The molecule has 25 heavy (non-hydrogen) atoms. The molecule has 1 unspecified atom stereocenters. The summed E-state index contributed by atoms with van der Waals surface area (Å²) in [6.07, 6.45) is 3.74. The maximum absolute atomic E-state index is 13.0. The number of H-pyrrole nitrogens is 1. The molecule has 1 saturated heterocycles. The zero-order valence-corrected chi connectivity index (χ0v) is 14.1. The largest absolute Gasteiger partial charge is 0.497 e. The highest BCUT2D eigenvalue weighted by Crippen LogP contribution is 2.32. The number of rotatable bonds is 3. The van der Waals surface area contributed by atoms with Crippen molar-refractivity contribution in [2.24, 2.45) is 5.92 Å². The molecule has 2 aliphatic heterocycles. The first kappa shape index (κ1) is 15.7. The highest BCUT2D eigenvalue weighted by molar-refractivity contribution is 6.04. The lowest BCUT2D eigenvalue weighted by Gasteiger charge is -2.28. The Morgan fingerprint density at radius 1 is 1.40 bits per heavy atom. The van der Waals surface area contributed by atoms with Gasteiger partial charge in [-0.25, -0.2) is 0 Å². The molecule has 1 aromatic carbocycles. The molecular formula is C18H20N4O3. The number of anilines is 2. The number of hydrogen-bond donors (Lipinski definition) is 1. The third-order valence-electron chi connectivity index (χ3n) is 4.90. The summed E-state index contributed by atoms with van der Waals surface area (Å²) < 4.78 is 5.23. The first-order chi connectivity index (χ1) is 12.2. The molecule has 7 nitrogen and oxygen atoms in total. The summed E-state index contributed by atoms with van der Waals surface area (Å²) in [5.74, 6) is 0.329. The van der Waals surface area contributed by atoms with E-state index in [1.807, 2.05) is 24.3 Å². The van der Waals surface area contributed by atoms with Gasteiger partial charge in [0.2, 0.25) is 11.8 Å². The van der Waals surface area contributed by atoms with Crippen molar-refractivity contribution in [3.63, 3.8) is 0 Å². The second-order valence-electron chi connectivity index (χ2n) is 6.43. The van der Waals surface area contributed by atoms with E-state index in [0.717, 1.165) is 29.9 Å². The summed E-state index contributed by atoms with van der Waals surface area (Å²) in [6, 6.07) is 7.36. The highest BCUT2D eigenvalue weighted by atomic mass is 16.5. The van der Waals surface area contributed by atoms with E-state index in [0.29, 0.717) is 18.8 Å². The van der Waals surface area contributed by atoms with Crippen LogP contribution in [0.5, 0.6) is 5.75 Å². The number of nitrogens with zero attached hydrogens (tertiary/aromatic N) is 3. The van der Waals surface area contributed by atoms with Crippen LogP contribution in [0.3, 0.4) is 0 Å². The van der Waals surface area contributed by atoms with Crippen LogP contribution in [0.1, 0.15) is 18.5 Å². The minimum Gasteiger partial charge on any atom is -0.497 e. The Balaban J connectivity index is 1.54. The summed E-state index contributed by atoms with van der Waals surface area (Å²) in [4.78, 5) is 28.9. The predicted octanol–water partition coefficient (Wildman–Crippen LogP) is 1.75. The van der Waals surface area contributed by atoms with Gasteiger partial charge in [0.05, 0.1) is 30.6 Å². The van der Waals surface area contributed by atoms with Crippen LogP contribution in [0.4, 0.5) is 11.4 Å². The Morgan fingerprint density at radius 2 is 2.28 bits per heavy atom. The van der Waals surface area contributed by atoms with E-state index in [9.17, 15) is 9.59 Å². The van der Waals surface area contributed by atoms with Crippen molar-refractivity contribution < 1.29 is 14.3 Å². The van der Waals surface area contributed by atoms with E-state index in [1.165, 1.54) is 0 Å². The second kappa shape index (κ2) is 6.23. The zero-order chi connectivity index (χ0) is 17.4. The van der Waals surface area contributed by atoms with Gasteiger partial charge in [-0.05, 0) is 25.0 Å². The summed E-state index contributed by atoms with van der Waals surface area (Å²) in [6.45, 7) is 1.07. The molecule has 4 rings (SSSR count). The van der Waals surface area contributed by atoms with Gasteiger partial charge < -0.3 is 14.5 Å². The van der Waals surface area contributed by atoms with Crippen LogP contribution in [0, 0.1) is 5.92 Å². The molecule has 0 radical (unpaired) electrons. The minimum atomic E-state index is -0.334. The number of aromatic nitrogens is 2. The number of benzene rings is 1.